The van der Waals surface area contributed by atoms with Crippen LogP contribution in [0.2, 0.25) is 0 Å². The Balaban J connectivity index is 1.79. The zero-order valence-corrected chi connectivity index (χ0v) is 10.5. The molecule has 2 N–H and O–H groups in total. The van der Waals surface area contributed by atoms with E-state index >= 15 is 0 Å². The van der Waals surface area contributed by atoms with Crippen LogP contribution >= 0.6 is 11.3 Å². The van der Waals surface area contributed by atoms with Gasteiger partial charge in [-0.2, -0.15) is 0 Å². The Morgan fingerprint density at radius 3 is 2.82 bits per heavy atom. The predicted octanol–water partition coefficient (Wildman–Crippen LogP) is 2.27. The summed E-state index contributed by atoms with van der Waals surface area (Å²) < 4.78 is 5.63. The van der Waals surface area contributed by atoms with E-state index in [0.29, 0.717) is 13.2 Å². The zero-order valence-electron chi connectivity index (χ0n) is 9.63. The first-order valence-corrected chi connectivity index (χ1v) is 6.56. The molecule has 0 unspecified atom stereocenters. The molecule has 0 saturated heterocycles. The van der Waals surface area contributed by atoms with Gasteiger partial charge in [0.15, 0.2) is 0 Å². The normalized spacial score (nSPS) is 10.4. The standard InChI is InChI=1S/C13H16N2OS/c14-7-5-11-3-4-12(10-15-11)16-8-6-13-2-1-9-17-13/h1-4,9-10H,5-8,14H2. The number of rotatable bonds is 6. The molecule has 0 bridgehead atoms. The Morgan fingerprint density at radius 2 is 2.18 bits per heavy atom. The van der Waals surface area contributed by atoms with Crippen LogP contribution in [0.5, 0.6) is 5.75 Å². The first-order valence-electron chi connectivity index (χ1n) is 5.68. The molecule has 2 rings (SSSR count). The second-order valence-electron chi connectivity index (χ2n) is 3.70. The summed E-state index contributed by atoms with van der Waals surface area (Å²) in [6.45, 7) is 1.32. The van der Waals surface area contributed by atoms with Crippen molar-refractivity contribution >= 4 is 11.3 Å². The van der Waals surface area contributed by atoms with Crippen LogP contribution in [0.15, 0.2) is 35.8 Å². The fraction of sp³-hybridized carbons (Fsp3) is 0.308. The largest absolute Gasteiger partial charge is 0.492 e. The molecule has 2 heterocycles. The summed E-state index contributed by atoms with van der Waals surface area (Å²) >= 11 is 1.76. The lowest BCUT2D eigenvalue weighted by molar-refractivity contribution is 0.321. The van der Waals surface area contributed by atoms with E-state index in [0.717, 1.165) is 24.3 Å². The van der Waals surface area contributed by atoms with Crippen LogP contribution in [-0.4, -0.2) is 18.1 Å². The highest BCUT2D eigenvalue weighted by atomic mass is 32.1. The van der Waals surface area contributed by atoms with Gasteiger partial charge in [-0.3, -0.25) is 4.98 Å². The van der Waals surface area contributed by atoms with Gasteiger partial charge in [-0.15, -0.1) is 11.3 Å². The highest BCUT2D eigenvalue weighted by molar-refractivity contribution is 7.09. The molecule has 0 aliphatic rings. The molecule has 4 heteroatoms. The smallest absolute Gasteiger partial charge is 0.137 e. The van der Waals surface area contributed by atoms with E-state index in [-0.39, 0.29) is 0 Å². The number of nitrogens with zero attached hydrogens (tertiary/aromatic N) is 1. The van der Waals surface area contributed by atoms with E-state index < -0.39 is 0 Å². The van der Waals surface area contributed by atoms with Crippen LogP contribution in [-0.2, 0) is 12.8 Å². The third kappa shape index (κ3) is 3.84. The molecule has 2 aromatic rings. The van der Waals surface area contributed by atoms with Gasteiger partial charge in [0.05, 0.1) is 12.8 Å². The maximum absolute atomic E-state index is 5.63. The summed E-state index contributed by atoms with van der Waals surface area (Å²) in [5, 5.41) is 2.08. The van der Waals surface area contributed by atoms with Crippen LogP contribution in [0.1, 0.15) is 10.6 Å². The molecule has 2 aromatic heterocycles. The minimum Gasteiger partial charge on any atom is -0.492 e. The van der Waals surface area contributed by atoms with Crippen LogP contribution in [0, 0.1) is 0 Å². The van der Waals surface area contributed by atoms with E-state index in [1.165, 1.54) is 4.88 Å². The first kappa shape index (κ1) is 12.1. The van der Waals surface area contributed by atoms with Crippen molar-refractivity contribution in [3.63, 3.8) is 0 Å². The van der Waals surface area contributed by atoms with Crippen molar-refractivity contribution < 1.29 is 4.74 Å². The summed E-state index contributed by atoms with van der Waals surface area (Å²) in [4.78, 5) is 5.63. The molecule has 0 amide bonds. The molecule has 0 aromatic carbocycles. The molecule has 0 aliphatic heterocycles. The fourth-order valence-corrected chi connectivity index (χ4v) is 2.21. The Bertz CT molecular complexity index is 425. The van der Waals surface area contributed by atoms with Crippen LogP contribution in [0.25, 0.3) is 0 Å². The minimum absolute atomic E-state index is 0.631. The lowest BCUT2D eigenvalue weighted by Crippen LogP contribution is -2.05. The molecular formula is C13H16N2OS. The van der Waals surface area contributed by atoms with Gasteiger partial charge in [0.1, 0.15) is 5.75 Å². The Labute approximate surface area is 105 Å². The minimum atomic E-state index is 0.631. The Kier molecular flexibility index (Phi) is 4.53. The van der Waals surface area contributed by atoms with Crippen molar-refractivity contribution in [1.82, 2.24) is 4.98 Å². The molecule has 0 atom stereocenters. The third-order valence-corrected chi connectivity index (χ3v) is 3.33. The van der Waals surface area contributed by atoms with E-state index in [9.17, 15) is 0 Å². The zero-order chi connectivity index (χ0) is 11.9. The quantitative estimate of drug-likeness (QED) is 0.853. The molecule has 0 saturated carbocycles. The van der Waals surface area contributed by atoms with Crippen LogP contribution < -0.4 is 10.5 Å². The average Bonchev–Trinajstić information content (AvgIpc) is 2.85. The Morgan fingerprint density at radius 1 is 1.24 bits per heavy atom. The Hall–Kier alpha value is -1.39. The van der Waals surface area contributed by atoms with Crippen molar-refractivity contribution in [3.05, 3.63) is 46.4 Å². The van der Waals surface area contributed by atoms with Gasteiger partial charge < -0.3 is 10.5 Å². The average molecular weight is 248 g/mol. The molecule has 17 heavy (non-hydrogen) atoms. The van der Waals surface area contributed by atoms with Crippen molar-refractivity contribution in [3.8, 4) is 5.75 Å². The van der Waals surface area contributed by atoms with E-state index in [2.05, 4.69) is 22.5 Å². The van der Waals surface area contributed by atoms with Crippen molar-refractivity contribution in [2.24, 2.45) is 5.73 Å². The van der Waals surface area contributed by atoms with Gasteiger partial charge in [-0.05, 0) is 30.1 Å². The monoisotopic (exact) mass is 248 g/mol. The molecular weight excluding hydrogens is 232 g/mol. The highest BCUT2D eigenvalue weighted by Gasteiger charge is 1.98. The maximum Gasteiger partial charge on any atom is 0.137 e. The topological polar surface area (TPSA) is 48.1 Å². The molecule has 0 fully saturated rings. The van der Waals surface area contributed by atoms with Crippen molar-refractivity contribution in [1.29, 1.82) is 0 Å². The number of nitrogens with two attached hydrogens (primary N) is 1. The van der Waals surface area contributed by atoms with E-state index in [4.69, 9.17) is 10.5 Å². The maximum atomic E-state index is 5.63. The van der Waals surface area contributed by atoms with E-state index in [1.54, 1.807) is 17.5 Å². The molecule has 0 radical (unpaired) electrons. The summed E-state index contributed by atoms with van der Waals surface area (Å²) in [5.74, 6) is 0.822. The molecule has 0 spiro atoms. The van der Waals surface area contributed by atoms with Gasteiger partial charge in [0.2, 0.25) is 0 Å². The summed E-state index contributed by atoms with van der Waals surface area (Å²) in [5.41, 5.74) is 6.48. The third-order valence-electron chi connectivity index (χ3n) is 2.40. The van der Waals surface area contributed by atoms with Crippen LogP contribution in [0.4, 0.5) is 0 Å². The molecule has 3 nitrogen and oxygen atoms in total. The number of hydrogen-bond acceptors (Lipinski definition) is 4. The van der Waals surface area contributed by atoms with Gasteiger partial charge in [-0.1, -0.05) is 6.07 Å². The number of hydrogen-bond donors (Lipinski definition) is 1. The summed E-state index contributed by atoms with van der Waals surface area (Å²) in [7, 11) is 0. The summed E-state index contributed by atoms with van der Waals surface area (Å²) in [6, 6.07) is 8.10. The van der Waals surface area contributed by atoms with Crippen LogP contribution in [0.3, 0.4) is 0 Å². The van der Waals surface area contributed by atoms with Crippen molar-refractivity contribution in [2.75, 3.05) is 13.2 Å². The second kappa shape index (κ2) is 6.37. The highest BCUT2D eigenvalue weighted by Crippen LogP contribution is 2.12. The fourth-order valence-electron chi connectivity index (χ4n) is 1.52. The second-order valence-corrected chi connectivity index (χ2v) is 4.73. The van der Waals surface area contributed by atoms with Gasteiger partial charge in [-0.25, -0.2) is 0 Å². The number of aromatic nitrogens is 1. The predicted molar refractivity (Wildman–Crippen MR) is 70.5 cm³/mol. The molecule has 90 valence electrons. The van der Waals surface area contributed by atoms with Gasteiger partial charge in [0.25, 0.3) is 0 Å². The summed E-state index contributed by atoms with van der Waals surface area (Å²) in [6.07, 6.45) is 3.52. The van der Waals surface area contributed by atoms with E-state index in [1.807, 2.05) is 12.1 Å². The molecule has 0 aliphatic carbocycles. The van der Waals surface area contributed by atoms with Gasteiger partial charge in [0, 0.05) is 23.4 Å². The lowest BCUT2D eigenvalue weighted by atomic mass is 10.3. The van der Waals surface area contributed by atoms with Crippen molar-refractivity contribution in [2.45, 2.75) is 12.8 Å². The van der Waals surface area contributed by atoms with Gasteiger partial charge >= 0.3 is 0 Å². The SMILES string of the molecule is NCCc1ccc(OCCc2cccs2)cn1. The first-order chi connectivity index (χ1) is 8.38. The number of thiophene rings is 1. The number of pyridine rings is 1. The number of ether oxygens (including phenoxy) is 1. The lowest BCUT2D eigenvalue weighted by Gasteiger charge is -2.05.